The second-order valence-electron chi connectivity index (χ2n) is 9.46. The molecule has 1 aliphatic heterocycles. The van der Waals surface area contributed by atoms with Crippen LogP contribution in [0.5, 0.6) is 11.5 Å². The summed E-state index contributed by atoms with van der Waals surface area (Å²) in [4.78, 5) is 0.111. The number of fused-ring (bicyclic) bond motifs is 1. The Kier molecular flexibility index (Phi) is 5.58. The lowest BCUT2D eigenvalue weighted by molar-refractivity contribution is -0.269. The summed E-state index contributed by atoms with van der Waals surface area (Å²) in [7, 11) is -4.07. The Balaban J connectivity index is 2.20. The van der Waals surface area contributed by atoms with Crippen LogP contribution in [0.3, 0.4) is 0 Å². The summed E-state index contributed by atoms with van der Waals surface area (Å²) < 4.78 is 32.6. The number of hydrogen-bond acceptors (Lipinski definition) is 5. The number of aryl methyl sites for hydroxylation is 2. The molecule has 0 radical (unpaired) electrons. The van der Waals surface area contributed by atoms with Gasteiger partial charge in [-0.1, -0.05) is 63.6 Å². The maximum absolute atomic E-state index is 13.3. The first-order valence-electron chi connectivity index (χ1n) is 11.1. The predicted molar refractivity (Wildman–Crippen MR) is 126 cm³/mol. The largest absolute Gasteiger partial charge is 0.872 e. The summed E-state index contributed by atoms with van der Waals surface area (Å²) in [5, 5.41) is 23.3. The molecule has 1 aliphatic rings. The van der Waals surface area contributed by atoms with Gasteiger partial charge in [-0.3, -0.25) is 0 Å². The van der Waals surface area contributed by atoms with Crippen LogP contribution in [0.4, 0.5) is 0 Å². The van der Waals surface area contributed by atoms with E-state index in [1.807, 2.05) is 40.7 Å². The SMILES string of the molecule is Cc1cc([O-])c(C(C)C)cc1C1(c2cc(C(C)C)c(O)cc2C)OS(=O)(=O)c2ccccc21. The topological polar surface area (TPSA) is 86.7 Å². The highest BCUT2D eigenvalue weighted by Gasteiger charge is 2.52. The second-order valence-corrected chi connectivity index (χ2v) is 11.0. The molecule has 1 atom stereocenters. The van der Waals surface area contributed by atoms with Gasteiger partial charge in [-0.15, -0.1) is 5.75 Å². The molecule has 33 heavy (non-hydrogen) atoms. The molecule has 3 aromatic rings. The van der Waals surface area contributed by atoms with Gasteiger partial charge in [0, 0.05) is 5.56 Å². The highest BCUT2D eigenvalue weighted by atomic mass is 32.2. The van der Waals surface area contributed by atoms with Gasteiger partial charge >= 0.3 is 0 Å². The van der Waals surface area contributed by atoms with E-state index in [9.17, 15) is 18.6 Å². The normalized spacial score (nSPS) is 19.3. The number of aromatic hydroxyl groups is 1. The Morgan fingerprint density at radius 3 is 2.00 bits per heavy atom. The summed E-state index contributed by atoms with van der Waals surface area (Å²) in [6, 6.07) is 13.6. The van der Waals surface area contributed by atoms with Crippen LogP contribution >= 0.6 is 0 Å². The summed E-state index contributed by atoms with van der Waals surface area (Å²) in [6.45, 7) is 11.4. The minimum absolute atomic E-state index is 0.00555. The van der Waals surface area contributed by atoms with Gasteiger partial charge in [-0.05, 0) is 71.7 Å². The Bertz CT molecular complexity index is 1290. The van der Waals surface area contributed by atoms with E-state index < -0.39 is 15.7 Å². The van der Waals surface area contributed by atoms with Gasteiger partial charge in [0.15, 0.2) is 5.60 Å². The standard InChI is InChI=1S/C27H30O5S/c1-15(2)19-13-22(17(5)11-24(19)28)27(21-9-7-8-10-26(21)33(30,31)32-27)23-14-20(16(3)4)25(29)12-18(23)6/h7-16,28-29H,1-6H3/p-1. The fraction of sp³-hybridized carbons (Fsp3) is 0.333. The number of phenolic OH excluding ortho intramolecular Hbond substituents is 1. The van der Waals surface area contributed by atoms with Crippen molar-refractivity contribution in [1.29, 1.82) is 0 Å². The van der Waals surface area contributed by atoms with Gasteiger partial charge in [0.1, 0.15) is 10.6 Å². The van der Waals surface area contributed by atoms with Gasteiger partial charge in [0.2, 0.25) is 0 Å². The smallest absolute Gasteiger partial charge is 0.298 e. The number of rotatable bonds is 4. The minimum atomic E-state index is -4.07. The molecule has 0 aliphatic carbocycles. The van der Waals surface area contributed by atoms with Crippen LogP contribution in [0.15, 0.2) is 53.4 Å². The zero-order valence-electron chi connectivity index (χ0n) is 19.8. The number of benzene rings is 3. The monoisotopic (exact) mass is 465 g/mol. The molecular formula is C27H29O5S-. The molecule has 1 unspecified atom stereocenters. The third-order valence-electron chi connectivity index (χ3n) is 6.50. The molecule has 0 aromatic heterocycles. The molecule has 0 saturated heterocycles. The van der Waals surface area contributed by atoms with Gasteiger partial charge in [-0.2, -0.15) is 8.42 Å². The van der Waals surface area contributed by atoms with Crippen LogP contribution in [0, 0.1) is 13.8 Å². The maximum atomic E-state index is 13.3. The van der Waals surface area contributed by atoms with Gasteiger partial charge in [0.05, 0.1) is 0 Å². The molecule has 6 heteroatoms. The summed E-state index contributed by atoms with van der Waals surface area (Å²) in [5.41, 5.74) is 2.92. The highest BCUT2D eigenvalue weighted by molar-refractivity contribution is 7.87. The first kappa shape index (κ1) is 23.3. The van der Waals surface area contributed by atoms with Crippen molar-refractivity contribution in [2.75, 3.05) is 0 Å². The van der Waals surface area contributed by atoms with Crippen molar-refractivity contribution in [3.05, 3.63) is 87.5 Å². The maximum Gasteiger partial charge on any atom is 0.298 e. The first-order chi connectivity index (χ1) is 15.4. The Hall–Kier alpha value is -2.83. The Labute approximate surface area is 195 Å². The molecule has 3 aromatic carbocycles. The van der Waals surface area contributed by atoms with Crippen molar-refractivity contribution in [3.8, 4) is 11.5 Å². The van der Waals surface area contributed by atoms with E-state index in [1.165, 1.54) is 0 Å². The molecule has 0 amide bonds. The van der Waals surface area contributed by atoms with Crippen molar-refractivity contribution in [1.82, 2.24) is 0 Å². The van der Waals surface area contributed by atoms with E-state index in [0.29, 0.717) is 38.9 Å². The summed E-state index contributed by atoms with van der Waals surface area (Å²) >= 11 is 0. The van der Waals surface area contributed by atoms with Crippen molar-refractivity contribution >= 4 is 10.1 Å². The average Bonchev–Trinajstić information content (AvgIpc) is 2.96. The van der Waals surface area contributed by atoms with Crippen LogP contribution in [0.2, 0.25) is 0 Å². The third-order valence-corrected chi connectivity index (χ3v) is 7.87. The fourth-order valence-corrected chi connectivity index (χ4v) is 6.25. The minimum Gasteiger partial charge on any atom is -0.872 e. The van der Waals surface area contributed by atoms with E-state index in [0.717, 1.165) is 0 Å². The van der Waals surface area contributed by atoms with E-state index in [2.05, 4.69) is 0 Å². The number of hydrogen-bond donors (Lipinski definition) is 1. The van der Waals surface area contributed by atoms with Crippen LogP contribution in [-0.4, -0.2) is 13.5 Å². The highest BCUT2D eigenvalue weighted by Crippen LogP contribution is 2.53. The van der Waals surface area contributed by atoms with Crippen molar-refractivity contribution < 1.29 is 22.8 Å². The molecule has 5 nitrogen and oxygen atoms in total. The number of phenols is 1. The molecule has 0 fully saturated rings. The van der Waals surface area contributed by atoms with Crippen molar-refractivity contribution in [2.45, 2.75) is 63.9 Å². The lowest BCUT2D eigenvalue weighted by atomic mass is 9.75. The van der Waals surface area contributed by atoms with E-state index in [4.69, 9.17) is 4.18 Å². The Morgan fingerprint density at radius 2 is 1.39 bits per heavy atom. The summed E-state index contributed by atoms with van der Waals surface area (Å²) in [5.74, 6) is 0.0335. The van der Waals surface area contributed by atoms with Crippen LogP contribution in [-0.2, 0) is 19.9 Å². The van der Waals surface area contributed by atoms with Gasteiger partial charge in [0.25, 0.3) is 10.1 Å². The molecule has 0 spiro atoms. The van der Waals surface area contributed by atoms with Crippen LogP contribution in [0.1, 0.15) is 78.5 Å². The Morgan fingerprint density at radius 1 is 0.848 bits per heavy atom. The third kappa shape index (κ3) is 3.52. The average molecular weight is 466 g/mol. The molecule has 0 bridgehead atoms. The molecule has 1 N–H and O–H groups in total. The molecule has 0 saturated carbocycles. The molecular weight excluding hydrogens is 436 g/mol. The van der Waals surface area contributed by atoms with Crippen molar-refractivity contribution in [3.63, 3.8) is 0 Å². The van der Waals surface area contributed by atoms with E-state index in [1.54, 1.807) is 49.4 Å². The lowest BCUT2D eigenvalue weighted by Gasteiger charge is -2.34. The quantitative estimate of drug-likeness (QED) is 0.526. The molecule has 1 heterocycles. The van der Waals surface area contributed by atoms with E-state index >= 15 is 0 Å². The lowest BCUT2D eigenvalue weighted by Crippen LogP contribution is -2.32. The molecule has 4 rings (SSSR count). The van der Waals surface area contributed by atoms with E-state index in [-0.39, 0.29) is 28.2 Å². The van der Waals surface area contributed by atoms with Crippen molar-refractivity contribution in [2.24, 2.45) is 0 Å². The summed E-state index contributed by atoms with van der Waals surface area (Å²) in [6.07, 6.45) is 0. The van der Waals surface area contributed by atoms with Gasteiger partial charge in [-0.25, -0.2) is 4.18 Å². The van der Waals surface area contributed by atoms with Crippen LogP contribution in [0.25, 0.3) is 0 Å². The second kappa shape index (κ2) is 7.89. The molecule has 174 valence electrons. The zero-order valence-corrected chi connectivity index (χ0v) is 20.6. The zero-order chi connectivity index (χ0) is 24.3. The first-order valence-corrected chi connectivity index (χ1v) is 12.5. The van der Waals surface area contributed by atoms with Crippen LogP contribution < -0.4 is 5.11 Å². The van der Waals surface area contributed by atoms with Gasteiger partial charge < -0.3 is 10.2 Å². The predicted octanol–water partition coefficient (Wildman–Crippen LogP) is 5.34. The fourth-order valence-electron chi connectivity index (χ4n) is 4.83.